The minimum Gasteiger partial charge on any atom is -0.370 e. The molecule has 0 atom stereocenters. The first-order valence-corrected chi connectivity index (χ1v) is 7.19. The van der Waals surface area contributed by atoms with Gasteiger partial charge in [-0.3, -0.25) is 4.79 Å². The summed E-state index contributed by atoms with van der Waals surface area (Å²) in [5.74, 6) is 1.32. The quantitative estimate of drug-likeness (QED) is 0.465. The minimum atomic E-state index is 0. The number of nitrogens with zero attached hydrogens (tertiary/aromatic N) is 3. The molecule has 0 unspecified atom stereocenters. The van der Waals surface area contributed by atoms with Crippen LogP contribution in [0.2, 0.25) is 0 Å². The standard InChI is InChI=1S/C15H24N4O.HI/c1-11-6-8-19(9-7-11)15(16)17-10-13-5-4-12(2)18(3)14(13)20;/h4-5,11H,6-10H2,1-3H3,(H2,16,17);1H. The van der Waals surface area contributed by atoms with Gasteiger partial charge in [-0.2, -0.15) is 0 Å². The molecule has 0 spiro atoms. The van der Waals surface area contributed by atoms with Gasteiger partial charge < -0.3 is 15.2 Å². The first-order valence-electron chi connectivity index (χ1n) is 7.19. The Morgan fingerprint density at radius 2 is 2.00 bits per heavy atom. The molecular formula is C15H25IN4O. The van der Waals surface area contributed by atoms with Crippen molar-refractivity contribution in [1.29, 1.82) is 0 Å². The lowest BCUT2D eigenvalue weighted by atomic mass is 10.00. The third kappa shape index (κ3) is 4.46. The van der Waals surface area contributed by atoms with Gasteiger partial charge in [-0.05, 0) is 37.8 Å². The fourth-order valence-corrected chi connectivity index (χ4v) is 2.40. The number of halogens is 1. The molecule has 1 aliphatic rings. The average Bonchev–Trinajstić information content (AvgIpc) is 2.44. The predicted octanol–water partition coefficient (Wildman–Crippen LogP) is 1.86. The van der Waals surface area contributed by atoms with E-state index in [1.165, 1.54) is 0 Å². The van der Waals surface area contributed by atoms with Gasteiger partial charge in [0.15, 0.2) is 5.96 Å². The van der Waals surface area contributed by atoms with Crippen molar-refractivity contribution in [2.24, 2.45) is 23.7 Å². The maximum absolute atomic E-state index is 12.1. The molecule has 2 N–H and O–H groups in total. The van der Waals surface area contributed by atoms with E-state index >= 15 is 0 Å². The van der Waals surface area contributed by atoms with Crippen LogP contribution in [-0.4, -0.2) is 28.5 Å². The van der Waals surface area contributed by atoms with Crippen LogP contribution in [0.25, 0.3) is 0 Å². The lowest BCUT2D eigenvalue weighted by Gasteiger charge is -2.31. The highest BCUT2D eigenvalue weighted by molar-refractivity contribution is 14.0. The van der Waals surface area contributed by atoms with E-state index in [1.54, 1.807) is 11.6 Å². The second-order valence-electron chi connectivity index (χ2n) is 5.71. The number of hydrogen-bond acceptors (Lipinski definition) is 2. The number of hydrogen-bond donors (Lipinski definition) is 1. The Balaban J connectivity index is 0.00000220. The van der Waals surface area contributed by atoms with Gasteiger partial charge in [0.1, 0.15) is 0 Å². The van der Waals surface area contributed by atoms with Crippen LogP contribution in [0.1, 0.15) is 31.0 Å². The summed E-state index contributed by atoms with van der Waals surface area (Å²) in [5, 5.41) is 0. The van der Waals surface area contributed by atoms with Crippen LogP contribution >= 0.6 is 24.0 Å². The van der Waals surface area contributed by atoms with Crippen molar-refractivity contribution >= 4 is 29.9 Å². The molecule has 2 rings (SSSR count). The van der Waals surface area contributed by atoms with Crippen LogP contribution in [0.15, 0.2) is 21.9 Å². The van der Waals surface area contributed by atoms with Crippen molar-refractivity contribution in [3.8, 4) is 0 Å². The molecule has 0 bridgehead atoms. The van der Waals surface area contributed by atoms with Crippen molar-refractivity contribution in [1.82, 2.24) is 9.47 Å². The third-order valence-electron chi connectivity index (χ3n) is 4.15. The first-order chi connectivity index (χ1) is 9.49. The summed E-state index contributed by atoms with van der Waals surface area (Å²) in [7, 11) is 1.78. The van der Waals surface area contributed by atoms with Crippen LogP contribution in [-0.2, 0) is 13.6 Å². The largest absolute Gasteiger partial charge is 0.370 e. The van der Waals surface area contributed by atoms with E-state index in [9.17, 15) is 4.79 Å². The van der Waals surface area contributed by atoms with E-state index in [0.717, 1.165) is 37.5 Å². The van der Waals surface area contributed by atoms with Crippen LogP contribution in [0.5, 0.6) is 0 Å². The molecule has 0 aliphatic carbocycles. The van der Waals surface area contributed by atoms with Crippen LogP contribution < -0.4 is 11.3 Å². The zero-order chi connectivity index (χ0) is 14.7. The smallest absolute Gasteiger partial charge is 0.255 e. The molecule has 1 aromatic heterocycles. The topological polar surface area (TPSA) is 63.6 Å². The Morgan fingerprint density at radius 1 is 1.38 bits per heavy atom. The summed E-state index contributed by atoms with van der Waals surface area (Å²) in [6, 6.07) is 3.78. The molecule has 1 aromatic rings. The molecule has 0 radical (unpaired) electrons. The zero-order valence-electron chi connectivity index (χ0n) is 13.0. The molecule has 6 heteroatoms. The van der Waals surface area contributed by atoms with Crippen LogP contribution in [0.3, 0.4) is 0 Å². The molecule has 1 saturated heterocycles. The summed E-state index contributed by atoms with van der Waals surface area (Å²) < 4.78 is 1.64. The molecule has 0 aromatic carbocycles. The molecule has 1 aliphatic heterocycles. The summed E-state index contributed by atoms with van der Waals surface area (Å²) in [6.45, 7) is 6.45. The maximum Gasteiger partial charge on any atom is 0.255 e. The molecule has 118 valence electrons. The van der Waals surface area contributed by atoms with E-state index in [2.05, 4.69) is 16.8 Å². The predicted molar refractivity (Wildman–Crippen MR) is 97.1 cm³/mol. The highest BCUT2D eigenvalue weighted by atomic mass is 127. The molecule has 2 heterocycles. The number of piperidine rings is 1. The van der Waals surface area contributed by atoms with E-state index in [0.29, 0.717) is 18.1 Å². The fraction of sp³-hybridized carbons (Fsp3) is 0.600. The van der Waals surface area contributed by atoms with E-state index in [1.807, 2.05) is 19.1 Å². The summed E-state index contributed by atoms with van der Waals surface area (Å²) in [4.78, 5) is 18.6. The van der Waals surface area contributed by atoms with Gasteiger partial charge >= 0.3 is 0 Å². The average molecular weight is 404 g/mol. The second-order valence-corrected chi connectivity index (χ2v) is 5.71. The number of aliphatic imine (C=N–C) groups is 1. The van der Waals surface area contributed by atoms with Crippen molar-refractivity contribution in [2.45, 2.75) is 33.2 Å². The van der Waals surface area contributed by atoms with Gasteiger partial charge in [-0.15, -0.1) is 24.0 Å². The Labute approximate surface area is 143 Å². The number of rotatable bonds is 2. The maximum atomic E-state index is 12.1. The minimum absolute atomic E-state index is 0. The third-order valence-corrected chi connectivity index (χ3v) is 4.15. The van der Waals surface area contributed by atoms with Gasteiger partial charge in [0.25, 0.3) is 5.56 Å². The molecule has 1 fully saturated rings. The summed E-state index contributed by atoms with van der Waals surface area (Å²) >= 11 is 0. The second kappa shape index (κ2) is 7.82. The van der Waals surface area contributed by atoms with Gasteiger partial charge in [0.2, 0.25) is 0 Å². The van der Waals surface area contributed by atoms with Crippen molar-refractivity contribution in [3.05, 3.63) is 33.7 Å². The van der Waals surface area contributed by atoms with Gasteiger partial charge in [-0.1, -0.05) is 6.92 Å². The number of likely N-dealkylation sites (tertiary alicyclic amines) is 1. The molecular weight excluding hydrogens is 379 g/mol. The lowest BCUT2D eigenvalue weighted by molar-refractivity contribution is 0.277. The SMILES string of the molecule is Cc1ccc(CN=C(N)N2CCC(C)CC2)c(=O)n1C.I. The fourth-order valence-electron chi connectivity index (χ4n) is 2.40. The molecule has 21 heavy (non-hydrogen) atoms. The number of nitrogens with two attached hydrogens (primary N) is 1. The Morgan fingerprint density at radius 3 is 2.62 bits per heavy atom. The highest BCUT2D eigenvalue weighted by Gasteiger charge is 2.16. The lowest BCUT2D eigenvalue weighted by Crippen LogP contribution is -2.42. The van der Waals surface area contributed by atoms with Gasteiger partial charge in [0.05, 0.1) is 6.54 Å². The zero-order valence-corrected chi connectivity index (χ0v) is 15.3. The normalized spacial score (nSPS) is 16.7. The Hall–Kier alpha value is -1.05. The van der Waals surface area contributed by atoms with Crippen LogP contribution in [0.4, 0.5) is 0 Å². The van der Waals surface area contributed by atoms with E-state index in [-0.39, 0.29) is 29.5 Å². The summed E-state index contributed by atoms with van der Waals surface area (Å²) in [6.07, 6.45) is 2.31. The Bertz CT molecular complexity index is 559. The number of aromatic nitrogens is 1. The summed E-state index contributed by atoms with van der Waals surface area (Å²) in [5.41, 5.74) is 7.67. The number of aryl methyl sites for hydroxylation is 1. The van der Waals surface area contributed by atoms with Crippen molar-refractivity contribution in [3.63, 3.8) is 0 Å². The molecule has 5 nitrogen and oxygen atoms in total. The first kappa shape index (κ1) is 18.0. The number of guanidine groups is 1. The Kier molecular flexibility index (Phi) is 6.70. The van der Waals surface area contributed by atoms with E-state index < -0.39 is 0 Å². The van der Waals surface area contributed by atoms with Crippen molar-refractivity contribution < 1.29 is 0 Å². The number of pyridine rings is 1. The monoisotopic (exact) mass is 404 g/mol. The van der Waals surface area contributed by atoms with Crippen LogP contribution in [0, 0.1) is 12.8 Å². The van der Waals surface area contributed by atoms with Gasteiger partial charge in [-0.25, -0.2) is 4.99 Å². The highest BCUT2D eigenvalue weighted by Crippen LogP contribution is 2.15. The van der Waals surface area contributed by atoms with Crippen molar-refractivity contribution in [2.75, 3.05) is 13.1 Å². The van der Waals surface area contributed by atoms with E-state index in [4.69, 9.17) is 5.73 Å². The molecule has 0 amide bonds. The van der Waals surface area contributed by atoms with Gasteiger partial charge in [0, 0.05) is 31.4 Å². The molecule has 0 saturated carbocycles.